The molecule has 1 heterocycles. The van der Waals surface area contributed by atoms with Crippen molar-refractivity contribution >= 4 is 28.9 Å². The van der Waals surface area contributed by atoms with E-state index in [9.17, 15) is 0 Å². The maximum Gasteiger partial charge on any atom is 0.0654 e. The van der Waals surface area contributed by atoms with Crippen LogP contribution in [0.2, 0.25) is 10.0 Å². The van der Waals surface area contributed by atoms with Gasteiger partial charge in [0.2, 0.25) is 0 Å². The van der Waals surface area contributed by atoms with Crippen molar-refractivity contribution in [2.45, 2.75) is 19.3 Å². The lowest BCUT2D eigenvalue weighted by Gasteiger charge is -2.29. The van der Waals surface area contributed by atoms with Crippen LogP contribution >= 0.6 is 23.2 Å². The second kappa shape index (κ2) is 4.41. The molecule has 0 atom stereocenters. The van der Waals surface area contributed by atoms with E-state index in [1.165, 1.54) is 19.3 Å². The number of benzene rings is 1. The van der Waals surface area contributed by atoms with Crippen LogP contribution < -0.4 is 4.90 Å². The molecule has 1 nitrogen and oxygen atoms in total. The monoisotopic (exact) mass is 229 g/mol. The zero-order chi connectivity index (χ0) is 9.97. The van der Waals surface area contributed by atoms with E-state index in [0.29, 0.717) is 5.02 Å². The second-order valence-electron chi connectivity index (χ2n) is 3.64. The SMILES string of the molecule is Clc1ccc(N2CCCCC2)c(Cl)c1. The minimum atomic E-state index is 0.704. The first kappa shape index (κ1) is 10.1. The summed E-state index contributed by atoms with van der Waals surface area (Å²) in [5.74, 6) is 0. The highest BCUT2D eigenvalue weighted by Crippen LogP contribution is 2.30. The summed E-state index contributed by atoms with van der Waals surface area (Å²) in [5.41, 5.74) is 1.12. The van der Waals surface area contributed by atoms with Crippen molar-refractivity contribution in [3.63, 3.8) is 0 Å². The Bertz CT molecular complexity index is 319. The van der Waals surface area contributed by atoms with Crippen LogP contribution in [0.4, 0.5) is 5.69 Å². The first-order valence-electron chi connectivity index (χ1n) is 4.97. The number of hydrogen-bond donors (Lipinski definition) is 0. The fourth-order valence-electron chi connectivity index (χ4n) is 1.87. The Hall–Kier alpha value is -0.400. The molecule has 2 rings (SSSR count). The molecule has 0 spiro atoms. The molecule has 76 valence electrons. The Labute approximate surface area is 94.6 Å². The quantitative estimate of drug-likeness (QED) is 0.705. The lowest BCUT2D eigenvalue weighted by molar-refractivity contribution is 0.578. The Balaban J connectivity index is 2.22. The normalized spacial score (nSPS) is 17.1. The van der Waals surface area contributed by atoms with E-state index in [2.05, 4.69) is 4.90 Å². The van der Waals surface area contributed by atoms with Gasteiger partial charge in [-0.25, -0.2) is 0 Å². The number of nitrogens with zero attached hydrogens (tertiary/aromatic N) is 1. The minimum Gasteiger partial charge on any atom is -0.370 e. The van der Waals surface area contributed by atoms with Crippen molar-refractivity contribution in [3.05, 3.63) is 28.2 Å². The van der Waals surface area contributed by atoms with Gasteiger partial charge in [-0.3, -0.25) is 0 Å². The van der Waals surface area contributed by atoms with Crippen LogP contribution in [0.3, 0.4) is 0 Å². The molecular formula is C11H13Cl2N. The molecule has 14 heavy (non-hydrogen) atoms. The number of halogens is 2. The first-order valence-corrected chi connectivity index (χ1v) is 5.73. The average Bonchev–Trinajstić information content (AvgIpc) is 2.19. The van der Waals surface area contributed by atoms with Gasteiger partial charge >= 0.3 is 0 Å². The van der Waals surface area contributed by atoms with Crippen LogP contribution in [-0.4, -0.2) is 13.1 Å². The zero-order valence-corrected chi connectivity index (χ0v) is 9.48. The van der Waals surface area contributed by atoms with Crippen LogP contribution in [0, 0.1) is 0 Å². The largest absolute Gasteiger partial charge is 0.370 e. The van der Waals surface area contributed by atoms with Crippen molar-refractivity contribution in [2.24, 2.45) is 0 Å². The molecule has 0 saturated carbocycles. The van der Waals surface area contributed by atoms with Gasteiger partial charge in [-0.2, -0.15) is 0 Å². The molecule has 1 fully saturated rings. The molecule has 0 unspecified atom stereocenters. The lowest BCUT2D eigenvalue weighted by Crippen LogP contribution is -2.29. The molecule has 1 aliphatic heterocycles. The highest BCUT2D eigenvalue weighted by atomic mass is 35.5. The van der Waals surface area contributed by atoms with Crippen molar-refractivity contribution < 1.29 is 0 Å². The van der Waals surface area contributed by atoms with Gasteiger partial charge in [0, 0.05) is 18.1 Å². The zero-order valence-electron chi connectivity index (χ0n) is 7.97. The Morgan fingerprint density at radius 3 is 2.36 bits per heavy atom. The molecule has 1 aliphatic rings. The summed E-state index contributed by atoms with van der Waals surface area (Å²) in [6.45, 7) is 2.22. The molecule has 0 radical (unpaired) electrons. The Morgan fingerprint density at radius 2 is 1.71 bits per heavy atom. The number of hydrogen-bond acceptors (Lipinski definition) is 1. The van der Waals surface area contributed by atoms with Crippen molar-refractivity contribution in [2.75, 3.05) is 18.0 Å². The summed E-state index contributed by atoms with van der Waals surface area (Å²) in [6.07, 6.45) is 3.86. The predicted molar refractivity (Wildman–Crippen MR) is 62.5 cm³/mol. The predicted octanol–water partition coefficient (Wildman–Crippen LogP) is 3.98. The van der Waals surface area contributed by atoms with Gasteiger partial charge < -0.3 is 4.90 Å². The van der Waals surface area contributed by atoms with E-state index < -0.39 is 0 Å². The van der Waals surface area contributed by atoms with Crippen molar-refractivity contribution in [1.82, 2.24) is 0 Å². The molecule has 0 bridgehead atoms. The fraction of sp³-hybridized carbons (Fsp3) is 0.455. The molecule has 0 aliphatic carbocycles. The smallest absolute Gasteiger partial charge is 0.0654 e. The van der Waals surface area contributed by atoms with Crippen LogP contribution in [0.25, 0.3) is 0 Å². The van der Waals surface area contributed by atoms with E-state index in [0.717, 1.165) is 23.8 Å². The van der Waals surface area contributed by atoms with E-state index in [4.69, 9.17) is 23.2 Å². The van der Waals surface area contributed by atoms with E-state index in [-0.39, 0.29) is 0 Å². The molecule has 3 heteroatoms. The van der Waals surface area contributed by atoms with E-state index in [1.807, 2.05) is 18.2 Å². The second-order valence-corrected chi connectivity index (χ2v) is 4.49. The maximum atomic E-state index is 6.14. The number of anilines is 1. The third kappa shape index (κ3) is 2.15. The first-order chi connectivity index (χ1) is 6.77. The molecule has 0 aromatic heterocycles. The third-order valence-corrected chi connectivity index (χ3v) is 3.14. The Kier molecular flexibility index (Phi) is 3.19. The molecule has 0 N–H and O–H groups in total. The van der Waals surface area contributed by atoms with Gasteiger partial charge in [-0.1, -0.05) is 23.2 Å². The molecule has 1 aromatic rings. The summed E-state index contributed by atoms with van der Waals surface area (Å²) in [5, 5.41) is 1.47. The van der Waals surface area contributed by atoms with E-state index in [1.54, 1.807) is 0 Å². The number of rotatable bonds is 1. The topological polar surface area (TPSA) is 3.24 Å². The summed E-state index contributed by atoms with van der Waals surface area (Å²) in [6, 6.07) is 5.72. The number of piperidine rings is 1. The maximum absolute atomic E-state index is 6.14. The van der Waals surface area contributed by atoms with Gasteiger partial charge in [0.15, 0.2) is 0 Å². The van der Waals surface area contributed by atoms with Gasteiger partial charge in [-0.05, 0) is 37.5 Å². The summed E-state index contributed by atoms with van der Waals surface area (Å²) in [7, 11) is 0. The van der Waals surface area contributed by atoms with Gasteiger partial charge in [0.05, 0.1) is 10.7 Å². The highest BCUT2D eigenvalue weighted by Gasteiger charge is 2.13. The standard InChI is InChI=1S/C11H13Cl2N/c12-9-4-5-11(10(13)8-9)14-6-2-1-3-7-14/h4-5,8H,1-3,6-7H2. The van der Waals surface area contributed by atoms with Crippen molar-refractivity contribution in [3.8, 4) is 0 Å². The van der Waals surface area contributed by atoms with Gasteiger partial charge in [-0.15, -0.1) is 0 Å². The van der Waals surface area contributed by atoms with E-state index >= 15 is 0 Å². The molecule has 1 aromatic carbocycles. The van der Waals surface area contributed by atoms with Crippen LogP contribution in [-0.2, 0) is 0 Å². The molecular weight excluding hydrogens is 217 g/mol. The molecule has 1 saturated heterocycles. The molecule has 0 amide bonds. The minimum absolute atomic E-state index is 0.704. The third-order valence-electron chi connectivity index (χ3n) is 2.61. The fourth-order valence-corrected chi connectivity index (χ4v) is 2.40. The summed E-state index contributed by atoms with van der Waals surface area (Å²) in [4.78, 5) is 2.34. The summed E-state index contributed by atoms with van der Waals surface area (Å²) >= 11 is 12.0. The van der Waals surface area contributed by atoms with Crippen LogP contribution in [0.5, 0.6) is 0 Å². The van der Waals surface area contributed by atoms with Crippen LogP contribution in [0.1, 0.15) is 19.3 Å². The van der Waals surface area contributed by atoms with Gasteiger partial charge in [0.25, 0.3) is 0 Å². The van der Waals surface area contributed by atoms with Crippen molar-refractivity contribution in [1.29, 1.82) is 0 Å². The highest BCUT2D eigenvalue weighted by molar-refractivity contribution is 6.36. The van der Waals surface area contributed by atoms with Gasteiger partial charge in [0.1, 0.15) is 0 Å². The lowest BCUT2D eigenvalue weighted by atomic mass is 10.1. The van der Waals surface area contributed by atoms with Crippen LogP contribution in [0.15, 0.2) is 18.2 Å². The Morgan fingerprint density at radius 1 is 1.00 bits per heavy atom. The average molecular weight is 230 g/mol. The summed E-state index contributed by atoms with van der Waals surface area (Å²) < 4.78 is 0.